The predicted molar refractivity (Wildman–Crippen MR) is 52.6 cm³/mol. The Balaban J connectivity index is 4.15. The Morgan fingerprint density at radius 2 is 1.90 bits per heavy atom. The van der Waals surface area contributed by atoms with Gasteiger partial charge < -0.3 is 4.12 Å². The molecule has 0 unspecified atom stereocenters. The third kappa shape index (κ3) is 2.40. The lowest BCUT2D eigenvalue weighted by molar-refractivity contribution is 0.605. The van der Waals surface area contributed by atoms with Crippen molar-refractivity contribution in [2.24, 2.45) is 0 Å². The first-order chi connectivity index (χ1) is 4.74. The Morgan fingerprint density at radius 3 is 2.00 bits per heavy atom. The van der Waals surface area contributed by atoms with Gasteiger partial charge in [-0.05, 0) is 19.0 Å². The summed E-state index contributed by atoms with van der Waals surface area (Å²) in [4.78, 5) is 0. The molecule has 10 heavy (non-hydrogen) atoms. The molecule has 0 radical (unpaired) electrons. The number of hydrogen-bond acceptors (Lipinski definition) is 1. The van der Waals surface area contributed by atoms with E-state index >= 15 is 0 Å². The Kier molecular flexibility index (Phi) is 4.94. The van der Waals surface area contributed by atoms with E-state index in [1.807, 2.05) is 0 Å². The fraction of sp³-hybridized carbons (Fsp3) is 0.714. The molecule has 0 saturated heterocycles. The Bertz CT molecular complexity index is 99.9. The fourth-order valence-electron chi connectivity index (χ4n) is 1.15. The fourth-order valence-corrected chi connectivity index (χ4v) is 5.58. The van der Waals surface area contributed by atoms with Crippen molar-refractivity contribution in [3.63, 3.8) is 0 Å². The van der Waals surface area contributed by atoms with E-state index in [1.54, 1.807) is 0 Å². The van der Waals surface area contributed by atoms with Gasteiger partial charge in [-0.15, -0.1) is 0 Å². The van der Waals surface area contributed by atoms with Gasteiger partial charge in [0.1, 0.15) is 10.5 Å². The quantitative estimate of drug-likeness (QED) is 0.585. The molecule has 0 rings (SSSR count). The molecule has 0 aromatic heterocycles. The van der Waals surface area contributed by atoms with E-state index < -0.39 is 8.32 Å². The Morgan fingerprint density at radius 1 is 1.40 bits per heavy atom. The molecule has 0 aromatic rings. The third-order valence-corrected chi connectivity index (χ3v) is 8.66. The van der Waals surface area contributed by atoms with E-state index in [4.69, 9.17) is 4.12 Å². The summed E-state index contributed by atoms with van der Waals surface area (Å²) in [5.41, 5.74) is 2.31. The first-order valence-corrected chi connectivity index (χ1v) is 7.15. The van der Waals surface area contributed by atoms with Gasteiger partial charge in [-0.1, -0.05) is 25.6 Å². The summed E-state index contributed by atoms with van der Waals surface area (Å²) in [6.45, 7) is 6.54. The maximum absolute atomic E-state index is 5.67. The Labute approximate surface area is 68.2 Å². The minimum Gasteiger partial charge on any atom is -0.461 e. The summed E-state index contributed by atoms with van der Waals surface area (Å²) < 4.78 is 5.67. The summed E-state index contributed by atoms with van der Waals surface area (Å²) in [7, 11) is -0.446. The zero-order valence-electron chi connectivity index (χ0n) is 7.48. The first-order valence-electron chi connectivity index (χ1n) is 3.93. The topological polar surface area (TPSA) is 9.23 Å². The van der Waals surface area contributed by atoms with Crippen LogP contribution in [0.15, 0.2) is 11.8 Å². The molecule has 0 fully saturated rings. The molecule has 60 valence electrons. The minimum absolute atomic E-state index is 0.890. The zero-order valence-corrected chi connectivity index (χ0v) is 10.5. The summed E-state index contributed by atoms with van der Waals surface area (Å²) in [5, 5.41) is 0. The molecule has 0 aliphatic rings. The molecule has 0 atom stereocenters. The summed E-state index contributed by atoms with van der Waals surface area (Å²) in [6.07, 6.45) is 2.14. The second-order valence-corrected chi connectivity index (χ2v) is 7.99. The highest BCUT2D eigenvalue weighted by atomic mass is 28.4. The summed E-state index contributed by atoms with van der Waals surface area (Å²) in [6, 6.07) is 2.44. The van der Waals surface area contributed by atoms with Gasteiger partial charge in [-0.2, -0.15) is 0 Å². The van der Waals surface area contributed by atoms with Crippen LogP contribution in [0.4, 0.5) is 0 Å². The van der Waals surface area contributed by atoms with Crippen LogP contribution in [0.3, 0.4) is 0 Å². The first kappa shape index (κ1) is 10.1. The van der Waals surface area contributed by atoms with Crippen LogP contribution in [-0.4, -0.2) is 18.8 Å². The standard InChI is InChI=1S/C7H18OSi2/c1-4-7-10(5-2,6-3)8-9/h4,7H,5-6H2,1-3,9H3. The van der Waals surface area contributed by atoms with Crippen LogP contribution in [0.5, 0.6) is 0 Å². The maximum Gasteiger partial charge on any atom is 0.203 e. The number of rotatable bonds is 4. The van der Waals surface area contributed by atoms with Crippen LogP contribution in [0, 0.1) is 0 Å². The SMILES string of the molecule is CC=C[Si](CC)(CC)O[SiH3]. The highest BCUT2D eigenvalue weighted by Crippen LogP contribution is 2.16. The van der Waals surface area contributed by atoms with Gasteiger partial charge in [0.15, 0.2) is 0 Å². The molecular formula is C7H18OSi2. The van der Waals surface area contributed by atoms with E-state index in [2.05, 4.69) is 32.5 Å². The van der Waals surface area contributed by atoms with Gasteiger partial charge in [-0.25, -0.2) is 0 Å². The molecule has 0 aliphatic carbocycles. The molecule has 0 N–H and O–H groups in total. The van der Waals surface area contributed by atoms with Crippen molar-refractivity contribution in [2.45, 2.75) is 32.9 Å². The van der Waals surface area contributed by atoms with Gasteiger partial charge >= 0.3 is 0 Å². The third-order valence-electron chi connectivity index (χ3n) is 2.07. The largest absolute Gasteiger partial charge is 0.461 e. The van der Waals surface area contributed by atoms with E-state index in [0.717, 1.165) is 10.5 Å². The van der Waals surface area contributed by atoms with Crippen LogP contribution in [0.2, 0.25) is 12.1 Å². The minimum atomic E-state index is -1.34. The van der Waals surface area contributed by atoms with Crippen molar-refractivity contribution in [1.82, 2.24) is 0 Å². The highest BCUT2D eigenvalue weighted by Gasteiger charge is 2.24. The molecule has 0 heterocycles. The van der Waals surface area contributed by atoms with Crippen LogP contribution >= 0.6 is 0 Å². The van der Waals surface area contributed by atoms with Gasteiger partial charge in [0.05, 0.1) is 0 Å². The van der Waals surface area contributed by atoms with Crippen molar-refractivity contribution in [2.75, 3.05) is 0 Å². The summed E-state index contributed by atoms with van der Waals surface area (Å²) in [5.74, 6) is 0. The van der Waals surface area contributed by atoms with Crippen molar-refractivity contribution in [3.8, 4) is 0 Å². The number of hydrogen-bond donors (Lipinski definition) is 0. The molecule has 0 bridgehead atoms. The lowest BCUT2D eigenvalue weighted by Gasteiger charge is -2.23. The smallest absolute Gasteiger partial charge is 0.203 e. The molecule has 0 aliphatic heterocycles. The van der Waals surface area contributed by atoms with E-state index in [9.17, 15) is 0 Å². The monoisotopic (exact) mass is 174 g/mol. The zero-order chi connectivity index (χ0) is 8.04. The normalized spacial score (nSPS) is 13.1. The average Bonchev–Trinajstić information content (AvgIpc) is 2.01. The maximum atomic E-state index is 5.67. The lowest BCUT2D eigenvalue weighted by atomic mass is 10.8. The van der Waals surface area contributed by atoms with Crippen molar-refractivity contribution in [3.05, 3.63) is 11.8 Å². The second-order valence-electron chi connectivity index (χ2n) is 2.48. The molecule has 0 spiro atoms. The summed E-state index contributed by atoms with van der Waals surface area (Å²) >= 11 is 0. The van der Waals surface area contributed by atoms with E-state index in [0.29, 0.717) is 0 Å². The van der Waals surface area contributed by atoms with Crippen molar-refractivity contribution >= 4 is 18.8 Å². The molecule has 0 amide bonds. The number of allylic oxidation sites excluding steroid dienone is 1. The molecule has 0 saturated carbocycles. The Hall–Kier alpha value is 0.134. The van der Waals surface area contributed by atoms with Gasteiger partial charge in [0.25, 0.3) is 0 Å². The van der Waals surface area contributed by atoms with E-state index in [-0.39, 0.29) is 0 Å². The van der Waals surface area contributed by atoms with Crippen LogP contribution < -0.4 is 0 Å². The molecular weight excluding hydrogens is 156 g/mol. The molecule has 1 nitrogen and oxygen atoms in total. The van der Waals surface area contributed by atoms with Gasteiger partial charge in [-0.3, -0.25) is 0 Å². The van der Waals surface area contributed by atoms with Crippen molar-refractivity contribution < 1.29 is 4.12 Å². The highest BCUT2D eigenvalue weighted by molar-refractivity contribution is 6.80. The average molecular weight is 174 g/mol. The lowest BCUT2D eigenvalue weighted by Crippen LogP contribution is -2.33. The van der Waals surface area contributed by atoms with Crippen LogP contribution in [0.1, 0.15) is 20.8 Å². The van der Waals surface area contributed by atoms with Gasteiger partial charge in [0.2, 0.25) is 8.32 Å². The van der Waals surface area contributed by atoms with Gasteiger partial charge in [0, 0.05) is 0 Å². The van der Waals surface area contributed by atoms with E-state index in [1.165, 1.54) is 12.1 Å². The second kappa shape index (κ2) is 4.87. The van der Waals surface area contributed by atoms with Crippen LogP contribution in [0.25, 0.3) is 0 Å². The van der Waals surface area contributed by atoms with Crippen LogP contribution in [-0.2, 0) is 4.12 Å². The molecule has 3 heteroatoms. The predicted octanol–water partition coefficient (Wildman–Crippen LogP) is 1.38. The van der Waals surface area contributed by atoms with Crippen molar-refractivity contribution in [1.29, 1.82) is 0 Å². The molecule has 0 aromatic carbocycles.